The van der Waals surface area contributed by atoms with Gasteiger partial charge in [0.2, 0.25) is 0 Å². The Labute approximate surface area is 120 Å². The highest BCUT2D eigenvalue weighted by atomic mass is 19.1. The van der Waals surface area contributed by atoms with Crippen LogP contribution in [-0.2, 0) is 0 Å². The van der Waals surface area contributed by atoms with Crippen LogP contribution in [0.15, 0.2) is 30.3 Å². The van der Waals surface area contributed by atoms with Gasteiger partial charge in [-0.15, -0.1) is 0 Å². The average Bonchev–Trinajstić information content (AvgIpc) is 2.32. The first kappa shape index (κ1) is 14.7. The van der Waals surface area contributed by atoms with Crippen molar-refractivity contribution in [2.24, 2.45) is 0 Å². The molecule has 106 valence electrons. The predicted molar refractivity (Wildman–Crippen MR) is 82.7 cm³/mol. The lowest BCUT2D eigenvalue weighted by molar-refractivity contribution is 0.572. The Morgan fingerprint density at radius 1 is 0.850 bits per heavy atom. The predicted octanol–water partition coefficient (Wildman–Crippen LogP) is 4.37. The van der Waals surface area contributed by atoms with Crippen LogP contribution in [0, 0.1) is 33.5 Å². The van der Waals surface area contributed by atoms with Gasteiger partial charge in [-0.2, -0.15) is 0 Å². The fourth-order valence-electron chi connectivity index (χ4n) is 2.95. The van der Waals surface area contributed by atoms with Crippen LogP contribution in [-0.4, -0.2) is 7.05 Å². The third kappa shape index (κ3) is 2.91. The fourth-order valence-corrected chi connectivity index (χ4v) is 2.95. The summed E-state index contributed by atoms with van der Waals surface area (Å²) in [5.74, 6) is -0.138. The van der Waals surface area contributed by atoms with Crippen molar-refractivity contribution in [3.63, 3.8) is 0 Å². The van der Waals surface area contributed by atoms with E-state index in [1.165, 1.54) is 11.1 Å². The Morgan fingerprint density at radius 3 is 1.90 bits per heavy atom. The summed E-state index contributed by atoms with van der Waals surface area (Å²) in [6.45, 7) is 8.03. The first-order valence-electron chi connectivity index (χ1n) is 6.94. The summed E-state index contributed by atoms with van der Waals surface area (Å²) in [7, 11) is 1.88. The summed E-state index contributed by atoms with van der Waals surface area (Å²) in [5, 5.41) is 3.25. The van der Waals surface area contributed by atoms with E-state index in [1.807, 2.05) is 27.0 Å². The largest absolute Gasteiger partial charge is 0.309 e. The summed E-state index contributed by atoms with van der Waals surface area (Å²) >= 11 is 0. The topological polar surface area (TPSA) is 12.0 Å². The molecule has 0 aliphatic heterocycles. The van der Waals surface area contributed by atoms with Gasteiger partial charge in [0, 0.05) is 5.56 Å². The normalized spacial score (nSPS) is 12.5. The Bertz CT molecular complexity index is 588. The molecular weight excluding hydrogens is 249 g/mol. The van der Waals surface area contributed by atoms with Crippen LogP contribution in [0.3, 0.4) is 0 Å². The minimum Gasteiger partial charge on any atom is -0.309 e. The Balaban J connectivity index is 2.58. The lowest BCUT2D eigenvalue weighted by Gasteiger charge is -2.21. The van der Waals surface area contributed by atoms with E-state index in [9.17, 15) is 4.39 Å². The maximum Gasteiger partial charge on any atom is 0.128 e. The summed E-state index contributed by atoms with van der Waals surface area (Å²) in [4.78, 5) is 0. The minimum absolute atomic E-state index is 0.116. The molecular formula is C18H22FN. The lowest BCUT2D eigenvalue weighted by Crippen LogP contribution is -2.20. The number of benzene rings is 2. The highest BCUT2D eigenvalue weighted by molar-refractivity contribution is 5.42. The summed E-state index contributed by atoms with van der Waals surface area (Å²) in [5.41, 5.74) is 6.19. The van der Waals surface area contributed by atoms with E-state index >= 15 is 0 Å². The van der Waals surface area contributed by atoms with E-state index in [-0.39, 0.29) is 11.9 Å². The van der Waals surface area contributed by atoms with Crippen molar-refractivity contribution in [3.05, 3.63) is 69.5 Å². The average molecular weight is 271 g/mol. The van der Waals surface area contributed by atoms with E-state index in [0.717, 1.165) is 22.3 Å². The zero-order valence-corrected chi connectivity index (χ0v) is 12.8. The van der Waals surface area contributed by atoms with Crippen LogP contribution < -0.4 is 5.32 Å². The molecule has 1 atom stereocenters. The van der Waals surface area contributed by atoms with Crippen molar-refractivity contribution in [1.29, 1.82) is 0 Å². The van der Waals surface area contributed by atoms with Gasteiger partial charge in [-0.25, -0.2) is 4.39 Å². The highest BCUT2D eigenvalue weighted by Crippen LogP contribution is 2.29. The van der Waals surface area contributed by atoms with Gasteiger partial charge >= 0.3 is 0 Å². The zero-order valence-electron chi connectivity index (χ0n) is 12.8. The van der Waals surface area contributed by atoms with E-state index in [4.69, 9.17) is 0 Å². The molecule has 0 saturated heterocycles. The van der Waals surface area contributed by atoms with Crippen molar-refractivity contribution < 1.29 is 4.39 Å². The van der Waals surface area contributed by atoms with Crippen LogP contribution in [0.1, 0.15) is 39.4 Å². The molecule has 20 heavy (non-hydrogen) atoms. The molecule has 1 nitrogen and oxygen atoms in total. The number of hydrogen-bond donors (Lipinski definition) is 1. The van der Waals surface area contributed by atoms with Gasteiger partial charge in [0.25, 0.3) is 0 Å². The van der Waals surface area contributed by atoms with E-state index in [1.54, 1.807) is 6.07 Å². The molecule has 0 saturated carbocycles. The molecule has 2 heteroatoms. The first-order valence-corrected chi connectivity index (χ1v) is 6.94. The molecule has 0 bridgehead atoms. The molecule has 0 spiro atoms. The molecule has 1 N–H and O–H groups in total. The number of halogens is 1. The van der Waals surface area contributed by atoms with Crippen molar-refractivity contribution >= 4 is 0 Å². The van der Waals surface area contributed by atoms with Crippen molar-refractivity contribution in [3.8, 4) is 0 Å². The number of hydrogen-bond acceptors (Lipinski definition) is 1. The Hall–Kier alpha value is -1.67. The monoisotopic (exact) mass is 271 g/mol. The standard InChI is InChI=1S/C18H22FN/c1-11-6-12(2)9-15(8-11)18(20-5)17-14(4)7-13(3)10-16(17)19/h6-10,18,20H,1-5H3. The van der Waals surface area contributed by atoms with Gasteiger partial charge in [0.15, 0.2) is 0 Å². The molecule has 0 aliphatic carbocycles. The fraction of sp³-hybridized carbons (Fsp3) is 0.333. The summed E-state index contributed by atoms with van der Waals surface area (Å²) in [6, 6.07) is 9.89. The molecule has 0 radical (unpaired) electrons. The van der Waals surface area contributed by atoms with Gasteiger partial charge < -0.3 is 5.32 Å². The maximum atomic E-state index is 14.4. The first-order chi connectivity index (χ1) is 9.42. The zero-order chi connectivity index (χ0) is 14.9. The van der Waals surface area contributed by atoms with Gasteiger partial charge in [0.1, 0.15) is 5.82 Å². The third-order valence-corrected chi connectivity index (χ3v) is 3.64. The summed E-state index contributed by atoms with van der Waals surface area (Å²) < 4.78 is 14.4. The van der Waals surface area contributed by atoms with Crippen LogP contribution in [0.4, 0.5) is 4.39 Å². The SMILES string of the molecule is CNC(c1cc(C)cc(C)c1)c1c(C)cc(C)cc1F. The van der Waals surface area contributed by atoms with Crippen LogP contribution >= 0.6 is 0 Å². The van der Waals surface area contributed by atoms with Gasteiger partial charge in [0.05, 0.1) is 6.04 Å². The molecule has 2 aromatic rings. The van der Waals surface area contributed by atoms with Crippen molar-refractivity contribution in [2.45, 2.75) is 33.7 Å². The van der Waals surface area contributed by atoms with Gasteiger partial charge in [-0.3, -0.25) is 0 Å². The van der Waals surface area contributed by atoms with E-state index < -0.39 is 0 Å². The highest BCUT2D eigenvalue weighted by Gasteiger charge is 2.19. The van der Waals surface area contributed by atoms with Crippen LogP contribution in [0.25, 0.3) is 0 Å². The Morgan fingerprint density at radius 2 is 1.40 bits per heavy atom. The third-order valence-electron chi connectivity index (χ3n) is 3.64. The van der Waals surface area contributed by atoms with Crippen molar-refractivity contribution in [2.75, 3.05) is 7.05 Å². The van der Waals surface area contributed by atoms with E-state index in [0.29, 0.717) is 0 Å². The van der Waals surface area contributed by atoms with Crippen LogP contribution in [0.2, 0.25) is 0 Å². The number of aryl methyl sites for hydroxylation is 4. The number of nitrogens with one attached hydrogen (secondary N) is 1. The van der Waals surface area contributed by atoms with E-state index in [2.05, 4.69) is 37.4 Å². The summed E-state index contributed by atoms with van der Waals surface area (Å²) in [6.07, 6.45) is 0. The molecule has 0 aliphatic rings. The molecule has 0 fully saturated rings. The van der Waals surface area contributed by atoms with Crippen LogP contribution in [0.5, 0.6) is 0 Å². The second-order valence-corrected chi connectivity index (χ2v) is 5.62. The minimum atomic E-state index is -0.138. The molecule has 0 heterocycles. The van der Waals surface area contributed by atoms with Gasteiger partial charge in [-0.1, -0.05) is 35.4 Å². The second-order valence-electron chi connectivity index (χ2n) is 5.62. The molecule has 0 amide bonds. The Kier molecular flexibility index (Phi) is 4.24. The smallest absolute Gasteiger partial charge is 0.128 e. The lowest BCUT2D eigenvalue weighted by atomic mass is 9.91. The number of rotatable bonds is 3. The maximum absolute atomic E-state index is 14.4. The molecule has 0 aromatic heterocycles. The molecule has 2 rings (SSSR count). The molecule has 2 aromatic carbocycles. The quantitative estimate of drug-likeness (QED) is 0.874. The van der Waals surface area contributed by atoms with Gasteiger partial charge in [-0.05, 0) is 57.5 Å². The second kappa shape index (κ2) is 5.76. The van der Waals surface area contributed by atoms with Crippen molar-refractivity contribution in [1.82, 2.24) is 5.32 Å². The molecule has 1 unspecified atom stereocenters.